The van der Waals surface area contributed by atoms with E-state index in [1.807, 2.05) is 0 Å². The molecule has 3 nitrogen and oxygen atoms in total. The van der Waals surface area contributed by atoms with Crippen molar-refractivity contribution in [3.05, 3.63) is 23.3 Å². The maximum absolute atomic E-state index is 12.8. The molecular formula is C14H17F3N2O. The maximum Gasteiger partial charge on any atom is 0.420 e. The van der Waals surface area contributed by atoms with E-state index in [4.69, 9.17) is 5.73 Å². The first kappa shape index (κ1) is 13.5. The van der Waals surface area contributed by atoms with Crippen LogP contribution in [0.1, 0.15) is 30.4 Å². The first-order chi connectivity index (χ1) is 9.29. The topological polar surface area (TPSA) is 49.5 Å². The van der Waals surface area contributed by atoms with Gasteiger partial charge in [-0.1, -0.05) is 0 Å². The Balaban J connectivity index is 1.81. The Bertz CT molecular complexity index is 538. The molecule has 1 spiro atoms. The van der Waals surface area contributed by atoms with Gasteiger partial charge >= 0.3 is 6.18 Å². The lowest BCUT2D eigenvalue weighted by molar-refractivity contribution is -0.138. The van der Waals surface area contributed by atoms with Crippen LogP contribution in [0.2, 0.25) is 0 Å². The Morgan fingerprint density at radius 2 is 1.95 bits per heavy atom. The highest BCUT2D eigenvalue weighted by Crippen LogP contribution is 2.53. The molecule has 0 amide bonds. The monoisotopic (exact) mass is 286 g/mol. The first-order valence-electron chi connectivity index (χ1n) is 6.70. The number of benzene rings is 1. The lowest BCUT2D eigenvalue weighted by Gasteiger charge is -2.18. The number of nitrogens with two attached hydrogens (primary N) is 1. The summed E-state index contributed by atoms with van der Waals surface area (Å²) >= 11 is 0. The molecule has 0 atom stereocenters. The molecule has 0 unspecified atom stereocenters. The molecule has 2 aliphatic rings. The van der Waals surface area contributed by atoms with Crippen LogP contribution >= 0.6 is 0 Å². The van der Waals surface area contributed by atoms with Crippen molar-refractivity contribution in [3.8, 4) is 5.75 Å². The second kappa shape index (κ2) is 4.28. The average Bonchev–Trinajstić information content (AvgIpc) is 2.97. The largest absolute Gasteiger partial charge is 0.505 e. The van der Waals surface area contributed by atoms with Gasteiger partial charge in [0.15, 0.2) is 5.75 Å². The Kier molecular flexibility index (Phi) is 2.90. The molecule has 3 N–H and O–H groups in total. The van der Waals surface area contributed by atoms with Crippen LogP contribution in [0, 0.1) is 5.41 Å². The minimum absolute atomic E-state index is 0.213. The van der Waals surface area contributed by atoms with E-state index < -0.39 is 17.5 Å². The van der Waals surface area contributed by atoms with E-state index in [1.54, 1.807) is 0 Å². The summed E-state index contributed by atoms with van der Waals surface area (Å²) in [5.74, 6) is -0.874. The molecular weight excluding hydrogens is 269 g/mol. The zero-order chi connectivity index (χ0) is 14.5. The Morgan fingerprint density at radius 3 is 2.50 bits per heavy atom. The smallest absolute Gasteiger partial charge is 0.420 e. The number of nitrogens with zero attached hydrogens (tertiary/aromatic N) is 1. The molecule has 1 aromatic rings. The van der Waals surface area contributed by atoms with Crippen molar-refractivity contribution < 1.29 is 18.3 Å². The van der Waals surface area contributed by atoms with Gasteiger partial charge in [-0.05, 0) is 48.9 Å². The van der Waals surface area contributed by atoms with Crippen LogP contribution in [0.4, 0.5) is 18.9 Å². The molecule has 2 fully saturated rings. The molecule has 1 aliphatic heterocycles. The van der Waals surface area contributed by atoms with Crippen LogP contribution in [-0.4, -0.2) is 23.1 Å². The zero-order valence-electron chi connectivity index (χ0n) is 11.0. The van der Waals surface area contributed by atoms with E-state index >= 15 is 0 Å². The van der Waals surface area contributed by atoms with Crippen LogP contribution in [0.5, 0.6) is 5.75 Å². The number of aromatic hydroxyl groups is 1. The Hall–Kier alpha value is -1.43. The summed E-state index contributed by atoms with van der Waals surface area (Å²) in [6.07, 6.45) is -0.992. The zero-order valence-corrected chi connectivity index (χ0v) is 11.0. The van der Waals surface area contributed by atoms with Crippen LogP contribution in [0.25, 0.3) is 0 Å². The summed E-state index contributed by atoms with van der Waals surface area (Å²) in [5, 5.41) is 9.45. The molecule has 0 aromatic heterocycles. The van der Waals surface area contributed by atoms with Crippen LogP contribution in [-0.2, 0) is 12.7 Å². The van der Waals surface area contributed by atoms with Gasteiger partial charge in [0, 0.05) is 13.1 Å². The lowest BCUT2D eigenvalue weighted by Crippen LogP contribution is -2.21. The van der Waals surface area contributed by atoms with Crippen molar-refractivity contribution >= 4 is 5.69 Å². The van der Waals surface area contributed by atoms with Gasteiger partial charge in [0.1, 0.15) is 0 Å². The normalized spacial score (nSPS) is 21.6. The SMILES string of the molecule is Nc1cc(CN2CCC3(CC3)C2)cc(C(F)(F)F)c1O. The number of likely N-dealkylation sites (tertiary alicyclic amines) is 1. The molecule has 1 saturated carbocycles. The molecule has 1 aromatic carbocycles. The maximum atomic E-state index is 12.8. The Labute approximate surface area is 115 Å². The second-order valence-corrected chi connectivity index (χ2v) is 6.04. The van der Waals surface area contributed by atoms with Crippen molar-refractivity contribution in [1.29, 1.82) is 0 Å². The second-order valence-electron chi connectivity index (χ2n) is 6.04. The lowest BCUT2D eigenvalue weighted by atomic mass is 10.1. The number of rotatable bonds is 2. The van der Waals surface area contributed by atoms with Crippen molar-refractivity contribution in [1.82, 2.24) is 4.90 Å². The van der Waals surface area contributed by atoms with Crippen molar-refractivity contribution in [2.45, 2.75) is 32.0 Å². The molecule has 0 radical (unpaired) electrons. The summed E-state index contributed by atoms with van der Waals surface area (Å²) in [7, 11) is 0. The van der Waals surface area contributed by atoms with E-state index in [9.17, 15) is 18.3 Å². The van der Waals surface area contributed by atoms with Gasteiger partial charge in [-0.25, -0.2) is 0 Å². The standard InChI is InChI=1S/C14H17F3N2O/c15-14(16,17)10-5-9(6-11(18)12(10)20)7-19-4-3-13(8-19)1-2-13/h5-6,20H,1-4,7-8,18H2. The average molecular weight is 286 g/mol. The van der Waals surface area contributed by atoms with E-state index in [2.05, 4.69) is 4.90 Å². The van der Waals surface area contributed by atoms with Crippen LogP contribution in [0.15, 0.2) is 12.1 Å². The van der Waals surface area contributed by atoms with Crippen molar-refractivity contribution in [2.24, 2.45) is 5.41 Å². The predicted octanol–water partition coefficient (Wildman–Crippen LogP) is 2.98. The van der Waals surface area contributed by atoms with Gasteiger partial charge in [0.05, 0.1) is 11.3 Å². The molecule has 1 aliphatic carbocycles. The number of anilines is 1. The van der Waals surface area contributed by atoms with Gasteiger partial charge in [0.2, 0.25) is 0 Å². The van der Waals surface area contributed by atoms with Crippen LogP contribution < -0.4 is 5.73 Å². The molecule has 20 heavy (non-hydrogen) atoms. The molecule has 1 saturated heterocycles. The van der Waals surface area contributed by atoms with Gasteiger partial charge < -0.3 is 10.8 Å². The fourth-order valence-corrected chi connectivity index (χ4v) is 3.03. The number of nitrogen functional groups attached to an aromatic ring is 1. The third-order valence-electron chi connectivity index (χ3n) is 4.39. The van der Waals surface area contributed by atoms with E-state index in [-0.39, 0.29) is 5.69 Å². The molecule has 3 rings (SSSR count). The summed E-state index contributed by atoms with van der Waals surface area (Å²) in [4.78, 5) is 2.17. The highest BCUT2D eigenvalue weighted by molar-refractivity contribution is 5.59. The Morgan fingerprint density at radius 1 is 1.25 bits per heavy atom. The number of hydrogen-bond donors (Lipinski definition) is 2. The van der Waals surface area contributed by atoms with Gasteiger partial charge in [0.25, 0.3) is 0 Å². The summed E-state index contributed by atoms with van der Waals surface area (Å²) < 4.78 is 38.5. The van der Waals surface area contributed by atoms with Crippen molar-refractivity contribution in [2.75, 3.05) is 18.8 Å². The number of phenolic OH excluding ortho intramolecular Hbond substituents is 1. The predicted molar refractivity (Wildman–Crippen MR) is 69.1 cm³/mol. The van der Waals surface area contributed by atoms with Gasteiger partial charge in [-0.3, -0.25) is 4.90 Å². The fourth-order valence-electron chi connectivity index (χ4n) is 3.03. The molecule has 6 heteroatoms. The highest BCUT2D eigenvalue weighted by atomic mass is 19.4. The number of alkyl halides is 3. The summed E-state index contributed by atoms with van der Waals surface area (Å²) in [6, 6.07) is 2.44. The molecule has 1 heterocycles. The van der Waals surface area contributed by atoms with Crippen LogP contribution in [0.3, 0.4) is 0 Å². The number of hydrogen-bond acceptors (Lipinski definition) is 3. The number of phenols is 1. The minimum Gasteiger partial charge on any atom is -0.505 e. The third kappa shape index (κ3) is 2.44. The van der Waals surface area contributed by atoms with Gasteiger partial charge in [-0.2, -0.15) is 13.2 Å². The van der Waals surface area contributed by atoms with Crippen molar-refractivity contribution in [3.63, 3.8) is 0 Å². The highest BCUT2D eigenvalue weighted by Gasteiger charge is 2.47. The summed E-state index contributed by atoms with van der Waals surface area (Å²) in [5.41, 5.74) is 5.17. The third-order valence-corrected chi connectivity index (χ3v) is 4.39. The first-order valence-corrected chi connectivity index (χ1v) is 6.70. The quantitative estimate of drug-likeness (QED) is 0.649. The van der Waals surface area contributed by atoms with E-state index in [1.165, 1.54) is 18.9 Å². The van der Waals surface area contributed by atoms with Gasteiger partial charge in [-0.15, -0.1) is 0 Å². The fraction of sp³-hybridized carbons (Fsp3) is 0.571. The summed E-state index contributed by atoms with van der Waals surface area (Å²) in [6.45, 7) is 2.33. The molecule has 110 valence electrons. The number of halogens is 3. The van der Waals surface area contributed by atoms with E-state index in [0.717, 1.165) is 25.6 Å². The molecule has 0 bridgehead atoms. The minimum atomic E-state index is -4.59. The van der Waals surface area contributed by atoms with E-state index in [0.29, 0.717) is 17.5 Å².